The van der Waals surface area contributed by atoms with Crippen molar-refractivity contribution in [3.05, 3.63) is 35.7 Å². The fourth-order valence-electron chi connectivity index (χ4n) is 3.72. The third kappa shape index (κ3) is 3.43. The standard InChI is InChI=1S/C17H19FO3/c18-15-7-12(2-4-17(19)20)8-16(9-15)21-10-14-6-11-1-3-13(14)5-11/h2,4,7-9,11,13-14H,1,3,5-6,10H2,(H,19,20)/b4-2+. The number of fused-ring (bicyclic) bond motifs is 2. The lowest BCUT2D eigenvalue weighted by Gasteiger charge is -2.21. The predicted molar refractivity (Wildman–Crippen MR) is 77.5 cm³/mol. The minimum absolute atomic E-state index is 0.412. The SMILES string of the molecule is O=C(O)/C=C/c1cc(F)cc(OCC2CC3CCC2C3)c1. The second-order valence-electron chi connectivity index (χ2n) is 6.14. The monoisotopic (exact) mass is 290 g/mol. The fraction of sp³-hybridized carbons (Fsp3) is 0.471. The Balaban J connectivity index is 1.63. The maximum atomic E-state index is 13.5. The highest BCUT2D eigenvalue weighted by molar-refractivity contribution is 5.85. The first-order valence-electron chi connectivity index (χ1n) is 7.44. The highest BCUT2D eigenvalue weighted by atomic mass is 19.1. The molecule has 1 aromatic carbocycles. The molecule has 2 fully saturated rings. The Hall–Kier alpha value is -1.84. The van der Waals surface area contributed by atoms with Crippen molar-refractivity contribution in [1.29, 1.82) is 0 Å². The molecular formula is C17H19FO3. The van der Waals surface area contributed by atoms with Gasteiger partial charge >= 0.3 is 5.97 Å². The van der Waals surface area contributed by atoms with Gasteiger partial charge in [-0.1, -0.05) is 6.42 Å². The molecular weight excluding hydrogens is 271 g/mol. The average molecular weight is 290 g/mol. The van der Waals surface area contributed by atoms with Crippen LogP contribution in [0.25, 0.3) is 6.08 Å². The summed E-state index contributed by atoms with van der Waals surface area (Å²) < 4.78 is 19.3. The highest BCUT2D eigenvalue weighted by Crippen LogP contribution is 2.48. The van der Waals surface area contributed by atoms with Crippen LogP contribution in [0.2, 0.25) is 0 Å². The zero-order valence-corrected chi connectivity index (χ0v) is 11.8. The number of carboxylic acids is 1. The zero-order valence-electron chi connectivity index (χ0n) is 11.8. The van der Waals surface area contributed by atoms with Crippen LogP contribution in [0.15, 0.2) is 24.3 Å². The Morgan fingerprint density at radius 1 is 1.33 bits per heavy atom. The van der Waals surface area contributed by atoms with Crippen molar-refractivity contribution in [2.45, 2.75) is 25.7 Å². The highest BCUT2D eigenvalue weighted by Gasteiger charge is 2.39. The molecule has 0 radical (unpaired) electrons. The molecule has 3 rings (SSSR count). The van der Waals surface area contributed by atoms with Crippen molar-refractivity contribution in [3.8, 4) is 5.75 Å². The molecule has 0 spiro atoms. The van der Waals surface area contributed by atoms with Crippen molar-refractivity contribution in [2.24, 2.45) is 17.8 Å². The molecule has 3 unspecified atom stereocenters. The van der Waals surface area contributed by atoms with Crippen molar-refractivity contribution in [1.82, 2.24) is 0 Å². The second-order valence-corrected chi connectivity index (χ2v) is 6.14. The predicted octanol–water partition coefficient (Wildman–Crippen LogP) is 3.74. The number of aliphatic carboxylic acids is 1. The topological polar surface area (TPSA) is 46.5 Å². The maximum Gasteiger partial charge on any atom is 0.328 e. The second kappa shape index (κ2) is 5.88. The molecule has 2 aliphatic rings. The molecule has 3 atom stereocenters. The van der Waals surface area contributed by atoms with E-state index in [1.54, 1.807) is 6.07 Å². The van der Waals surface area contributed by atoms with Crippen molar-refractivity contribution >= 4 is 12.0 Å². The normalized spacial score (nSPS) is 27.4. The van der Waals surface area contributed by atoms with E-state index < -0.39 is 11.8 Å². The van der Waals surface area contributed by atoms with Gasteiger partial charge in [-0.3, -0.25) is 0 Å². The Labute approximate surface area is 123 Å². The van der Waals surface area contributed by atoms with Gasteiger partial charge in [-0.15, -0.1) is 0 Å². The molecule has 1 aromatic rings. The smallest absolute Gasteiger partial charge is 0.328 e. The van der Waals surface area contributed by atoms with Gasteiger partial charge in [0.05, 0.1) is 6.61 Å². The van der Waals surface area contributed by atoms with Crippen molar-refractivity contribution in [3.63, 3.8) is 0 Å². The molecule has 2 bridgehead atoms. The van der Waals surface area contributed by atoms with Crippen LogP contribution in [-0.2, 0) is 4.79 Å². The molecule has 4 heteroatoms. The van der Waals surface area contributed by atoms with E-state index in [2.05, 4.69) is 0 Å². The lowest BCUT2D eigenvalue weighted by molar-refractivity contribution is -0.131. The van der Waals surface area contributed by atoms with Crippen molar-refractivity contribution in [2.75, 3.05) is 6.61 Å². The lowest BCUT2D eigenvalue weighted by Crippen LogP contribution is -2.18. The summed E-state index contributed by atoms with van der Waals surface area (Å²) in [6, 6.07) is 4.32. The van der Waals surface area contributed by atoms with Gasteiger partial charge < -0.3 is 9.84 Å². The molecule has 2 saturated carbocycles. The van der Waals surface area contributed by atoms with Gasteiger partial charge in [-0.05, 0) is 60.8 Å². The number of carbonyl (C=O) groups is 1. The van der Waals surface area contributed by atoms with Crippen LogP contribution < -0.4 is 4.74 Å². The molecule has 0 heterocycles. The van der Waals surface area contributed by atoms with Gasteiger partial charge in [-0.2, -0.15) is 0 Å². The molecule has 2 aliphatic carbocycles. The van der Waals surface area contributed by atoms with Crippen molar-refractivity contribution < 1.29 is 19.0 Å². The summed E-state index contributed by atoms with van der Waals surface area (Å²) in [5.41, 5.74) is 0.500. The lowest BCUT2D eigenvalue weighted by atomic mass is 9.89. The van der Waals surface area contributed by atoms with Crippen LogP contribution in [0, 0.1) is 23.6 Å². The number of rotatable bonds is 5. The van der Waals surface area contributed by atoms with Gasteiger partial charge in [0.15, 0.2) is 0 Å². The first kappa shape index (κ1) is 14.1. The zero-order chi connectivity index (χ0) is 14.8. The first-order valence-corrected chi connectivity index (χ1v) is 7.44. The van der Waals surface area contributed by atoms with Crippen LogP contribution in [0.3, 0.4) is 0 Å². The number of ether oxygens (including phenoxy) is 1. The molecule has 21 heavy (non-hydrogen) atoms. The number of benzene rings is 1. The number of carboxylic acid groups (broad SMARTS) is 1. The third-order valence-electron chi connectivity index (χ3n) is 4.66. The van der Waals surface area contributed by atoms with E-state index in [-0.39, 0.29) is 0 Å². The van der Waals surface area contributed by atoms with Crippen LogP contribution in [0.5, 0.6) is 5.75 Å². The molecule has 0 saturated heterocycles. The Morgan fingerprint density at radius 2 is 2.19 bits per heavy atom. The molecule has 3 nitrogen and oxygen atoms in total. The molecule has 0 amide bonds. The van der Waals surface area contributed by atoms with Gasteiger partial charge in [0.2, 0.25) is 0 Å². The van der Waals surface area contributed by atoms with Crippen LogP contribution in [0.1, 0.15) is 31.2 Å². The Bertz CT molecular complexity index is 567. The average Bonchev–Trinajstić information content (AvgIpc) is 3.05. The number of hydrogen-bond donors (Lipinski definition) is 1. The summed E-state index contributed by atoms with van der Waals surface area (Å²) >= 11 is 0. The van der Waals surface area contributed by atoms with E-state index in [1.165, 1.54) is 43.9 Å². The Morgan fingerprint density at radius 3 is 2.86 bits per heavy atom. The van der Waals surface area contributed by atoms with E-state index >= 15 is 0 Å². The summed E-state index contributed by atoms with van der Waals surface area (Å²) in [7, 11) is 0. The minimum Gasteiger partial charge on any atom is -0.493 e. The first-order chi connectivity index (χ1) is 10.1. The summed E-state index contributed by atoms with van der Waals surface area (Å²) in [5.74, 6) is 1.24. The summed E-state index contributed by atoms with van der Waals surface area (Å²) in [5, 5.41) is 8.61. The van der Waals surface area contributed by atoms with E-state index in [0.29, 0.717) is 23.8 Å². The number of halogens is 1. The largest absolute Gasteiger partial charge is 0.493 e. The molecule has 112 valence electrons. The molecule has 1 N–H and O–H groups in total. The summed E-state index contributed by atoms with van der Waals surface area (Å²) in [6.07, 6.45) is 7.57. The Kier molecular flexibility index (Phi) is 3.95. The van der Waals surface area contributed by atoms with E-state index in [4.69, 9.17) is 9.84 Å². The minimum atomic E-state index is -1.05. The van der Waals surface area contributed by atoms with Gasteiger partial charge in [0, 0.05) is 12.1 Å². The third-order valence-corrected chi connectivity index (χ3v) is 4.66. The van der Waals surface area contributed by atoms with Gasteiger partial charge in [-0.25, -0.2) is 9.18 Å². The molecule has 0 aromatic heterocycles. The van der Waals surface area contributed by atoms with Crippen LogP contribution in [-0.4, -0.2) is 17.7 Å². The maximum absolute atomic E-state index is 13.5. The fourth-order valence-corrected chi connectivity index (χ4v) is 3.72. The van der Waals surface area contributed by atoms with E-state index in [0.717, 1.165) is 17.9 Å². The summed E-state index contributed by atoms with van der Waals surface area (Å²) in [4.78, 5) is 10.5. The van der Waals surface area contributed by atoms with Crippen LogP contribution in [0.4, 0.5) is 4.39 Å². The van der Waals surface area contributed by atoms with E-state index in [1.807, 2.05) is 0 Å². The van der Waals surface area contributed by atoms with Crippen LogP contribution >= 0.6 is 0 Å². The number of hydrogen-bond acceptors (Lipinski definition) is 2. The van der Waals surface area contributed by atoms with Gasteiger partial charge in [0.1, 0.15) is 11.6 Å². The quantitative estimate of drug-likeness (QED) is 0.840. The van der Waals surface area contributed by atoms with E-state index in [9.17, 15) is 9.18 Å². The molecule has 0 aliphatic heterocycles. The van der Waals surface area contributed by atoms with Gasteiger partial charge in [0.25, 0.3) is 0 Å². The summed E-state index contributed by atoms with van der Waals surface area (Å²) in [6.45, 7) is 0.632.